The molecule has 0 saturated carbocycles. The number of ether oxygens (including phenoxy) is 4. The van der Waals surface area contributed by atoms with Crippen LogP contribution < -0.4 is 10.6 Å². The second kappa shape index (κ2) is 15.8. The van der Waals surface area contributed by atoms with Crippen LogP contribution in [0.25, 0.3) is 0 Å². The normalized spacial score (nSPS) is 15.2. The van der Waals surface area contributed by atoms with E-state index in [4.69, 9.17) is 18.9 Å². The number of cyclic esters (lactones) is 1. The molecule has 1 saturated heterocycles. The van der Waals surface area contributed by atoms with Crippen molar-refractivity contribution in [3.63, 3.8) is 0 Å². The highest BCUT2D eigenvalue weighted by molar-refractivity contribution is 14.1. The molecule has 41 heavy (non-hydrogen) atoms. The summed E-state index contributed by atoms with van der Waals surface area (Å²) in [6.45, 7) is 3.59. The van der Waals surface area contributed by atoms with Crippen LogP contribution in [-0.4, -0.2) is 91.6 Å². The molecule has 0 spiro atoms. The summed E-state index contributed by atoms with van der Waals surface area (Å²) in [5.74, 6) is -4.27. The van der Waals surface area contributed by atoms with Crippen molar-refractivity contribution in [2.45, 2.75) is 39.9 Å². The second-order valence-electron chi connectivity index (χ2n) is 8.59. The van der Waals surface area contributed by atoms with Crippen LogP contribution in [0.15, 0.2) is 0 Å². The Kier molecular flexibility index (Phi) is 13.4. The van der Waals surface area contributed by atoms with Gasteiger partial charge in [-0.1, -0.05) is 0 Å². The fourth-order valence-corrected chi connectivity index (χ4v) is 7.94. The predicted octanol–water partition coefficient (Wildman–Crippen LogP) is 1.61. The Morgan fingerprint density at radius 1 is 0.927 bits per heavy atom. The van der Waals surface area contributed by atoms with Gasteiger partial charge in [-0.25, -0.2) is 0 Å². The maximum absolute atomic E-state index is 13.8. The van der Waals surface area contributed by atoms with Crippen LogP contribution in [0.3, 0.4) is 0 Å². The number of esters is 4. The first-order chi connectivity index (χ1) is 19.1. The molecular formula is C24H26I3N3O11. The molecule has 1 fully saturated rings. The van der Waals surface area contributed by atoms with Crippen molar-refractivity contribution in [1.82, 2.24) is 10.2 Å². The van der Waals surface area contributed by atoms with Crippen LogP contribution in [0.4, 0.5) is 5.69 Å². The van der Waals surface area contributed by atoms with E-state index in [0.717, 1.165) is 0 Å². The molecule has 0 aromatic heterocycles. The minimum absolute atomic E-state index is 0.0452. The maximum atomic E-state index is 13.8. The minimum atomic E-state index is -0.982. The Morgan fingerprint density at radius 2 is 1.54 bits per heavy atom. The van der Waals surface area contributed by atoms with Crippen LogP contribution in [0.2, 0.25) is 0 Å². The molecule has 2 unspecified atom stereocenters. The standard InChI is InChI=1S/C24H26I3N3O11/c1-10(31)29-22-20(26)17(23(36)28-5-14(40-13(4)34)8-38-11(2)32)19(25)18(21(22)27)24(37)30-6-15(9-39-12(3)33)41-16(35)7-30/h14-15H,5-9H2,1-4H3,(H,28,36)(H,29,31). The number of nitrogens with one attached hydrogen (secondary N) is 2. The number of halogens is 3. The van der Waals surface area contributed by atoms with Crippen molar-refractivity contribution in [3.8, 4) is 0 Å². The summed E-state index contributed by atoms with van der Waals surface area (Å²) in [5.41, 5.74) is 0.307. The van der Waals surface area contributed by atoms with Gasteiger partial charge in [0.2, 0.25) is 5.91 Å². The monoisotopic (exact) mass is 913 g/mol. The lowest BCUT2D eigenvalue weighted by Gasteiger charge is -2.32. The summed E-state index contributed by atoms with van der Waals surface area (Å²) in [5, 5.41) is 5.27. The predicted molar refractivity (Wildman–Crippen MR) is 166 cm³/mol. The zero-order valence-corrected chi connectivity index (χ0v) is 28.7. The van der Waals surface area contributed by atoms with E-state index < -0.39 is 53.8 Å². The number of carbonyl (C=O) groups is 7. The van der Waals surface area contributed by atoms with E-state index in [1.807, 2.05) is 67.8 Å². The largest absolute Gasteiger partial charge is 0.462 e. The molecule has 1 aliphatic heterocycles. The van der Waals surface area contributed by atoms with Crippen LogP contribution in [0.1, 0.15) is 48.4 Å². The van der Waals surface area contributed by atoms with Gasteiger partial charge in [0.05, 0.1) is 37.0 Å². The maximum Gasteiger partial charge on any atom is 0.326 e. The summed E-state index contributed by atoms with van der Waals surface area (Å²) >= 11 is 5.59. The number of amides is 3. The fraction of sp³-hybridized carbons (Fsp3) is 0.458. The highest BCUT2D eigenvalue weighted by atomic mass is 127. The molecule has 1 aromatic rings. The van der Waals surface area contributed by atoms with Crippen molar-refractivity contribution in [2.24, 2.45) is 0 Å². The number of anilines is 1. The Morgan fingerprint density at radius 3 is 2.10 bits per heavy atom. The zero-order valence-electron chi connectivity index (χ0n) is 22.3. The molecule has 0 radical (unpaired) electrons. The lowest BCUT2D eigenvalue weighted by Crippen LogP contribution is -2.50. The summed E-state index contributed by atoms with van der Waals surface area (Å²) in [6, 6.07) is 0. The number of benzene rings is 1. The molecule has 1 heterocycles. The van der Waals surface area contributed by atoms with Gasteiger partial charge in [0.15, 0.2) is 12.2 Å². The highest BCUT2D eigenvalue weighted by Crippen LogP contribution is 2.36. The number of nitrogens with zero attached hydrogens (tertiary/aromatic N) is 1. The molecule has 2 N–H and O–H groups in total. The van der Waals surface area contributed by atoms with Gasteiger partial charge in [0.1, 0.15) is 19.8 Å². The summed E-state index contributed by atoms with van der Waals surface area (Å²) in [4.78, 5) is 86.6. The van der Waals surface area contributed by atoms with Crippen molar-refractivity contribution >= 4 is 115 Å². The van der Waals surface area contributed by atoms with E-state index >= 15 is 0 Å². The molecule has 0 aliphatic carbocycles. The van der Waals surface area contributed by atoms with Crippen LogP contribution >= 0.6 is 67.8 Å². The molecule has 224 valence electrons. The van der Waals surface area contributed by atoms with E-state index in [9.17, 15) is 33.6 Å². The summed E-state index contributed by atoms with van der Waals surface area (Å²) in [6.07, 6.45) is -1.87. The summed E-state index contributed by atoms with van der Waals surface area (Å²) in [7, 11) is 0. The minimum Gasteiger partial charge on any atom is -0.462 e. The third kappa shape index (κ3) is 10.2. The van der Waals surface area contributed by atoms with Crippen molar-refractivity contribution < 1.29 is 52.5 Å². The quantitative estimate of drug-likeness (QED) is 0.198. The van der Waals surface area contributed by atoms with E-state index in [1.54, 1.807) is 0 Å². The molecule has 2 rings (SSSR count). The fourth-order valence-electron chi connectivity index (χ4n) is 3.55. The van der Waals surface area contributed by atoms with Gasteiger partial charge in [-0.3, -0.25) is 33.6 Å². The number of carbonyl (C=O) groups excluding carboxylic acids is 7. The number of hydrogen-bond acceptors (Lipinski definition) is 11. The number of rotatable bonds is 10. The van der Waals surface area contributed by atoms with Crippen molar-refractivity contribution in [2.75, 3.05) is 38.2 Å². The Hall–Kier alpha value is -2.30. The van der Waals surface area contributed by atoms with Gasteiger partial charge >= 0.3 is 23.9 Å². The van der Waals surface area contributed by atoms with Gasteiger partial charge in [0, 0.05) is 31.3 Å². The average molecular weight is 913 g/mol. The van der Waals surface area contributed by atoms with Crippen molar-refractivity contribution in [3.05, 3.63) is 21.8 Å². The molecule has 1 aliphatic rings. The summed E-state index contributed by atoms with van der Waals surface area (Å²) < 4.78 is 21.0. The van der Waals surface area contributed by atoms with Gasteiger partial charge in [-0.05, 0) is 67.8 Å². The zero-order chi connectivity index (χ0) is 31.0. The van der Waals surface area contributed by atoms with Gasteiger partial charge in [-0.15, -0.1) is 0 Å². The SMILES string of the molecule is CC(=O)Nc1c(I)c(C(=O)NCC(COC(C)=O)OC(C)=O)c(I)c(C(=O)N2CC(=O)OC(COC(C)=O)C2)c1I. The van der Waals surface area contributed by atoms with E-state index in [2.05, 4.69) is 10.6 Å². The second-order valence-corrected chi connectivity index (χ2v) is 11.8. The molecule has 17 heteroatoms. The molecule has 14 nitrogen and oxygen atoms in total. The third-order valence-corrected chi connectivity index (χ3v) is 8.39. The first kappa shape index (κ1) is 34.9. The molecular weight excluding hydrogens is 887 g/mol. The first-order valence-electron chi connectivity index (χ1n) is 11.8. The number of morpholine rings is 1. The van der Waals surface area contributed by atoms with Crippen LogP contribution in [0, 0.1) is 10.7 Å². The van der Waals surface area contributed by atoms with Gasteiger partial charge in [0.25, 0.3) is 11.8 Å². The van der Waals surface area contributed by atoms with Gasteiger partial charge in [-0.2, -0.15) is 0 Å². The third-order valence-electron chi connectivity index (χ3n) is 5.16. The average Bonchev–Trinajstić information content (AvgIpc) is 2.86. The highest BCUT2D eigenvalue weighted by Gasteiger charge is 2.35. The van der Waals surface area contributed by atoms with Crippen LogP contribution in [0.5, 0.6) is 0 Å². The Balaban J connectivity index is 2.48. The van der Waals surface area contributed by atoms with Gasteiger partial charge < -0.3 is 34.5 Å². The van der Waals surface area contributed by atoms with E-state index in [0.29, 0.717) is 7.14 Å². The molecule has 0 bridgehead atoms. The Labute approximate surface area is 275 Å². The topological polar surface area (TPSA) is 184 Å². The molecule has 3 amide bonds. The smallest absolute Gasteiger partial charge is 0.326 e. The van der Waals surface area contributed by atoms with E-state index in [1.165, 1.54) is 32.6 Å². The molecule has 2 atom stereocenters. The number of hydrogen-bond donors (Lipinski definition) is 2. The lowest BCUT2D eigenvalue weighted by atomic mass is 10.1. The van der Waals surface area contributed by atoms with Crippen LogP contribution in [-0.2, 0) is 42.9 Å². The molecule has 1 aromatic carbocycles. The van der Waals surface area contributed by atoms with E-state index in [-0.39, 0.29) is 53.2 Å². The Bertz CT molecular complexity index is 1270. The first-order valence-corrected chi connectivity index (χ1v) is 15.0. The van der Waals surface area contributed by atoms with Crippen molar-refractivity contribution in [1.29, 1.82) is 0 Å². The lowest BCUT2D eigenvalue weighted by molar-refractivity contribution is -0.165.